The quantitative estimate of drug-likeness (QED) is 0.183. The summed E-state index contributed by atoms with van der Waals surface area (Å²) in [6.07, 6.45) is 0. The molecule has 3 aromatic heterocycles. The lowest BCUT2D eigenvalue weighted by atomic mass is 10.0. The van der Waals surface area contributed by atoms with Crippen molar-refractivity contribution in [2.75, 3.05) is 4.90 Å². The molecule has 1 aliphatic rings. The van der Waals surface area contributed by atoms with E-state index in [1.165, 1.54) is 16.2 Å². The number of para-hydroxylation sites is 8. The van der Waals surface area contributed by atoms with Gasteiger partial charge in [0.2, 0.25) is 5.71 Å². The van der Waals surface area contributed by atoms with Crippen LogP contribution in [0.2, 0.25) is 0 Å². The smallest absolute Gasteiger partial charge is 0.213 e. The normalized spacial score (nSPS) is 12.5. The summed E-state index contributed by atoms with van der Waals surface area (Å²) in [6.45, 7) is 0. The number of ether oxygens (including phenoxy) is 1. The van der Waals surface area contributed by atoms with E-state index < -0.39 is 0 Å². The Morgan fingerprint density at radius 2 is 0.964 bits per heavy atom. The summed E-state index contributed by atoms with van der Waals surface area (Å²) in [5.41, 5.74) is 12.7. The van der Waals surface area contributed by atoms with Gasteiger partial charge < -0.3 is 18.6 Å². The van der Waals surface area contributed by atoms with Crippen molar-refractivity contribution in [1.29, 1.82) is 0 Å². The van der Waals surface area contributed by atoms with Crippen molar-refractivity contribution in [3.63, 3.8) is 0 Å². The summed E-state index contributed by atoms with van der Waals surface area (Å²) in [5.74, 6) is 1.69. The Morgan fingerprint density at radius 3 is 1.73 bits per heavy atom. The number of nitrogens with zero attached hydrogens (tertiary/aromatic N) is 3. The Balaban J connectivity index is 0.992. The lowest BCUT2D eigenvalue weighted by Gasteiger charge is -2.32. The minimum Gasteiger partial charge on any atom is -0.453 e. The van der Waals surface area contributed by atoms with Gasteiger partial charge in [-0.3, -0.25) is 4.57 Å². The molecule has 8 aromatic carbocycles. The van der Waals surface area contributed by atoms with Gasteiger partial charge in [-0.1, -0.05) is 109 Å². The first-order valence-corrected chi connectivity index (χ1v) is 18.6. The predicted octanol–water partition coefficient (Wildman–Crippen LogP) is 13.9. The van der Waals surface area contributed by atoms with Crippen LogP contribution in [0.5, 0.6) is 11.5 Å². The molecule has 0 fully saturated rings. The van der Waals surface area contributed by atoms with Crippen LogP contribution in [0.15, 0.2) is 192 Å². The first-order chi connectivity index (χ1) is 27.3. The molecule has 0 unspecified atom stereocenters. The maximum absolute atomic E-state index is 6.88. The number of benzene rings is 8. The summed E-state index contributed by atoms with van der Waals surface area (Å²) in [5, 5.41) is 5.84. The molecule has 55 heavy (non-hydrogen) atoms. The molecule has 12 rings (SSSR count). The number of furan rings is 1. The van der Waals surface area contributed by atoms with Gasteiger partial charge in [0, 0.05) is 44.2 Å². The zero-order valence-electron chi connectivity index (χ0n) is 29.6. The Morgan fingerprint density at radius 1 is 0.382 bits per heavy atom. The molecule has 0 spiro atoms. The second-order valence-corrected chi connectivity index (χ2v) is 14.1. The number of fused-ring (bicyclic) bond motifs is 10. The third-order valence-electron chi connectivity index (χ3n) is 11.1. The molecule has 0 radical (unpaired) electrons. The maximum atomic E-state index is 6.88. The Bertz CT molecular complexity index is 3250. The summed E-state index contributed by atoms with van der Waals surface area (Å²) in [4.78, 5) is 2.30. The second kappa shape index (κ2) is 11.5. The lowest BCUT2D eigenvalue weighted by Crippen LogP contribution is -2.15. The SMILES string of the molecule is c1ccc(-n2c3ccccc3c3c4cccc(-c5ccc(-n6c7ccccc7c7cc(N8c9ccccc9Oc9ccccc98)ccc76)cc5)c4oc32)cc1. The molecule has 0 saturated carbocycles. The summed E-state index contributed by atoms with van der Waals surface area (Å²) in [6, 6.07) is 66.3. The monoisotopic (exact) mass is 705 g/mol. The summed E-state index contributed by atoms with van der Waals surface area (Å²) in [7, 11) is 0. The van der Waals surface area contributed by atoms with Crippen LogP contribution in [0.25, 0.3) is 77.3 Å². The van der Waals surface area contributed by atoms with Gasteiger partial charge in [0.15, 0.2) is 11.5 Å². The summed E-state index contributed by atoms with van der Waals surface area (Å²) < 4.78 is 17.8. The molecule has 4 heterocycles. The van der Waals surface area contributed by atoms with Gasteiger partial charge in [-0.05, 0) is 84.4 Å². The van der Waals surface area contributed by atoms with Crippen molar-refractivity contribution in [2.45, 2.75) is 0 Å². The van der Waals surface area contributed by atoms with Crippen molar-refractivity contribution in [2.24, 2.45) is 0 Å². The first-order valence-electron chi connectivity index (χ1n) is 18.6. The van der Waals surface area contributed by atoms with Crippen molar-refractivity contribution >= 4 is 71.8 Å². The number of anilines is 3. The van der Waals surface area contributed by atoms with E-state index >= 15 is 0 Å². The molecule has 0 bridgehead atoms. The van der Waals surface area contributed by atoms with Crippen LogP contribution < -0.4 is 9.64 Å². The minimum atomic E-state index is 0.844. The number of rotatable bonds is 4. The highest BCUT2D eigenvalue weighted by molar-refractivity contribution is 6.21. The third-order valence-corrected chi connectivity index (χ3v) is 11.1. The fourth-order valence-electron chi connectivity index (χ4n) is 8.73. The van der Waals surface area contributed by atoms with Gasteiger partial charge in [0.25, 0.3) is 0 Å². The van der Waals surface area contributed by atoms with E-state index in [4.69, 9.17) is 9.15 Å². The maximum Gasteiger partial charge on any atom is 0.213 e. The fraction of sp³-hybridized carbons (Fsp3) is 0. The number of aromatic nitrogens is 2. The van der Waals surface area contributed by atoms with E-state index in [0.29, 0.717) is 0 Å². The molecule has 0 saturated heterocycles. The first kappa shape index (κ1) is 30.0. The van der Waals surface area contributed by atoms with Crippen LogP contribution in [0.3, 0.4) is 0 Å². The molecule has 0 N–H and O–H groups in total. The Labute approximate surface area is 316 Å². The van der Waals surface area contributed by atoms with Gasteiger partial charge in [-0.25, -0.2) is 0 Å². The van der Waals surface area contributed by atoms with E-state index in [1.807, 2.05) is 30.3 Å². The summed E-state index contributed by atoms with van der Waals surface area (Å²) >= 11 is 0. The van der Waals surface area contributed by atoms with Crippen LogP contribution >= 0.6 is 0 Å². The van der Waals surface area contributed by atoms with Crippen molar-refractivity contribution in [3.05, 3.63) is 188 Å². The molecule has 11 aromatic rings. The Kier molecular flexibility index (Phi) is 6.27. The van der Waals surface area contributed by atoms with Crippen LogP contribution in [-0.4, -0.2) is 9.13 Å². The number of hydrogen-bond donors (Lipinski definition) is 0. The van der Waals surface area contributed by atoms with Gasteiger partial charge >= 0.3 is 0 Å². The standard InChI is InChI=1S/C50H31N3O2/c1-2-13-33(14-3-1)53-42-20-7-5-16-38(42)48-39-18-12-17-36(49(39)55-50(48)53)32-25-27-34(28-26-32)51-41-19-6-4-15-37(41)40-31-35(29-30-43(40)51)52-44-21-8-10-23-46(44)54-47-24-11-9-22-45(47)52/h1-31H. The van der Waals surface area contributed by atoms with Crippen LogP contribution in [0.1, 0.15) is 0 Å². The fourth-order valence-corrected chi connectivity index (χ4v) is 8.73. The molecule has 5 heteroatoms. The highest BCUT2D eigenvalue weighted by atomic mass is 16.5. The lowest BCUT2D eigenvalue weighted by molar-refractivity contribution is 0.477. The van der Waals surface area contributed by atoms with E-state index in [2.05, 4.69) is 172 Å². The zero-order valence-corrected chi connectivity index (χ0v) is 29.6. The van der Waals surface area contributed by atoms with Crippen molar-refractivity contribution in [1.82, 2.24) is 9.13 Å². The van der Waals surface area contributed by atoms with Gasteiger partial charge in [0.05, 0.1) is 33.3 Å². The zero-order chi connectivity index (χ0) is 36.0. The molecule has 258 valence electrons. The van der Waals surface area contributed by atoms with Crippen LogP contribution in [0, 0.1) is 0 Å². The van der Waals surface area contributed by atoms with E-state index in [1.54, 1.807) is 0 Å². The average molecular weight is 706 g/mol. The number of hydrogen-bond acceptors (Lipinski definition) is 3. The highest BCUT2D eigenvalue weighted by Crippen LogP contribution is 2.51. The topological polar surface area (TPSA) is 35.5 Å². The minimum absolute atomic E-state index is 0.844. The Hall–Kier alpha value is -7.50. The molecule has 5 nitrogen and oxygen atoms in total. The van der Waals surface area contributed by atoms with Crippen LogP contribution in [-0.2, 0) is 0 Å². The van der Waals surface area contributed by atoms with E-state index in [-0.39, 0.29) is 0 Å². The third kappa shape index (κ3) is 4.35. The largest absolute Gasteiger partial charge is 0.453 e. The van der Waals surface area contributed by atoms with E-state index in [9.17, 15) is 0 Å². The molecular formula is C50H31N3O2. The molecule has 0 amide bonds. The molecular weight excluding hydrogens is 675 g/mol. The highest BCUT2D eigenvalue weighted by Gasteiger charge is 2.26. The molecule has 1 aliphatic heterocycles. The van der Waals surface area contributed by atoms with Crippen molar-refractivity contribution < 1.29 is 9.15 Å². The molecule has 0 atom stereocenters. The van der Waals surface area contributed by atoms with Gasteiger partial charge in [-0.15, -0.1) is 0 Å². The van der Waals surface area contributed by atoms with Gasteiger partial charge in [-0.2, -0.15) is 0 Å². The average Bonchev–Trinajstić information content (AvgIpc) is 3.90. The van der Waals surface area contributed by atoms with Crippen molar-refractivity contribution in [3.8, 4) is 34.0 Å². The second-order valence-electron chi connectivity index (χ2n) is 14.1. The van der Waals surface area contributed by atoms with Gasteiger partial charge in [0.1, 0.15) is 5.58 Å². The van der Waals surface area contributed by atoms with Crippen LogP contribution in [0.4, 0.5) is 17.1 Å². The van der Waals surface area contributed by atoms with E-state index in [0.717, 1.165) is 89.7 Å². The predicted molar refractivity (Wildman–Crippen MR) is 225 cm³/mol. The molecule has 0 aliphatic carbocycles.